The molecule has 0 aromatic carbocycles. The Bertz CT molecular complexity index is 1340. The van der Waals surface area contributed by atoms with Crippen molar-refractivity contribution >= 4 is 11.6 Å². The molecule has 0 aliphatic carbocycles. The van der Waals surface area contributed by atoms with Crippen LogP contribution in [0.4, 0.5) is 0 Å². The van der Waals surface area contributed by atoms with E-state index in [2.05, 4.69) is 20.8 Å². The zero-order valence-corrected chi connectivity index (χ0v) is 35.2. The number of hydrogen-bond donors (Lipinski definition) is 3. The van der Waals surface area contributed by atoms with E-state index < -0.39 is 52.9 Å². The second kappa shape index (κ2) is 16.9. The molecule has 10 heteroatoms. The maximum absolute atomic E-state index is 14.5. The normalized spacial score (nSPS) is 45.6. The molecule has 18 atom stereocenters. The fourth-order valence-corrected chi connectivity index (χ4v) is 10.9. The van der Waals surface area contributed by atoms with Gasteiger partial charge in [0, 0.05) is 42.4 Å². The molecule has 5 aliphatic heterocycles. The van der Waals surface area contributed by atoms with Crippen molar-refractivity contribution in [3.63, 3.8) is 0 Å². The molecule has 0 bridgehead atoms. The minimum Gasteiger partial charge on any atom is -0.392 e. The van der Waals surface area contributed by atoms with E-state index in [0.717, 1.165) is 25.7 Å². The summed E-state index contributed by atoms with van der Waals surface area (Å²) < 4.78 is 33.8. The third-order valence-electron chi connectivity index (χ3n) is 14.9. The molecule has 0 aromatic rings. The minimum atomic E-state index is -1.36. The summed E-state index contributed by atoms with van der Waals surface area (Å²) in [7, 11) is 0. The van der Waals surface area contributed by atoms with Crippen LogP contribution in [-0.4, -0.2) is 92.4 Å². The maximum Gasteiger partial charge on any atom is 0.202 e. The van der Waals surface area contributed by atoms with Gasteiger partial charge in [0.1, 0.15) is 17.7 Å². The van der Waals surface area contributed by atoms with Gasteiger partial charge in [-0.25, -0.2) is 0 Å². The summed E-state index contributed by atoms with van der Waals surface area (Å²) in [5, 5.41) is 34.3. The number of hydrogen-bond acceptors (Lipinski definition) is 10. The first-order valence-electron chi connectivity index (χ1n) is 21.6. The molecular formula is C44H74O10. The van der Waals surface area contributed by atoms with Crippen LogP contribution in [0.25, 0.3) is 0 Å². The number of ether oxygens (including phenoxy) is 5. The summed E-state index contributed by atoms with van der Waals surface area (Å²) in [5.41, 5.74) is -1.61. The number of Topliss-reactive ketones (excluding diaryl/α,β-unsaturated/α-hetero) is 2. The van der Waals surface area contributed by atoms with E-state index in [1.54, 1.807) is 6.08 Å². The van der Waals surface area contributed by atoms with Crippen LogP contribution in [0.15, 0.2) is 12.2 Å². The van der Waals surface area contributed by atoms with Gasteiger partial charge in [0.2, 0.25) is 5.79 Å². The van der Waals surface area contributed by atoms with Crippen molar-refractivity contribution in [3.8, 4) is 0 Å². The van der Waals surface area contributed by atoms with E-state index in [9.17, 15) is 24.9 Å². The van der Waals surface area contributed by atoms with Gasteiger partial charge in [-0.2, -0.15) is 0 Å². The van der Waals surface area contributed by atoms with E-state index >= 15 is 0 Å². The Morgan fingerprint density at radius 3 is 2.17 bits per heavy atom. The van der Waals surface area contributed by atoms with Gasteiger partial charge < -0.3 is 39.0 Å². The lowest BCUT2D eigenvalue weighted by Gasteiger charge is -2.54. The third kappa shape index (κ3) is 8.07. The molecule has 5 rings (SSSR count). The molecule has 1 unspecified atom stereocenters. The standard InChI is InChI=1S/C44H74O10/c1-12-31(33(45)14-3)34-17-16-25(5)39(51-34)29(9)37(47)28(8)38(48)32(13-2)40-26(6)24-27(7)43(52-40)21-18-35(46)44(54-43)23-22-41(11,53-44)36-19-20-42(49,15-4)30(10)50-36/h18,21,25-32,34-37,39-40,46-47,49H,12-17,19-20,22-24H2,1-11H3/t25-,26-,27+,28-,29-,30?,31-,32-,34+,35+,36+,37+,39+,40-,41-,42+,43-,44-/m0/s1. The predicted octanol–water partition coefficient (Wildman–Crippen LogP) is 7.08. The van der Waals surface area contributed by atoms with Gasteiger partial charge in [-0.3, -0.25) is 9.59 Å². The number of aliphatic hydroxyl groups excluding tert-OH is 2. The van der Waals surface area contributed by atoms with Crippen molar-refractivity contribution in [2.75, 3.05) is 0 Å². The van der Waals surface area contributed by atoms with Crippen LogP contribution in [0.3, 0.4) is 0 Å². The summed E-state index contributed by atoms with van der Waals surface area (Å²) in [4.78, 5) is 27.2. The second-order valence-electron chi connectivity index (χ2n) is 18.4. The Kier molecular flexibility index (Phi) is 13.8. The summed E-state index contributed by atoms with van der Waals surface area (Å²) in [6, 6.07) is 0. The van der Waals surface area contributed by atoms with Gasteiger partial charge >= 0.3 is 0 Å². The van der Waals surface area contributed by atoms with Crippen LogP contribution in [0.5, 0.6) is 0 Å². The summed E-state index contributed by atoms with van der Waals surface area (Å²) in [6.45, 7) is 22.0. The molecule has 2 spiro atoms. The van der Waals surface area contributed by atoms with Crippen molar-refractivity contribution in [1.82, 2.24) is 0 Å². The molecule has 0 amide bonds. The average molecular weight is 763 g/mol. The van der Waals surface area contributed by atoms with Crippen molar-refractivity contribution in [3.05, 3.63) is 12.2 Å². The highest BCUT2D eigenvalue weighted by molar-refractivity contribution is 5.84. The molecule has 0 radical (unpaired) electrons. The zero-order chi connectivity index (χ0) is 40.0. The van der Waals surface area contributed by atoms with Crippen molar-refractivity contribution in [2.45, 2.75) is 212 Å². The van der Waals surface area contributed by atoms with Crippen LogP contribution in [0.1, 0.15) is 147 Å². The number of rotatable bonds is 13. The lowest BCUT2D eigenvalue weighted by atomic mass is 9.72. The maximum atomic E-state index is 14.5. The second-order valence-corrected chi connectivity index (χ2v) is 18.4. The quantitative estimate of drug-likeness (QED) is 0.167. The molecule has 310 valence electrons. The van der Waals surface area contributed by atoms with Gasteiger partial charge in [0.15, 0.2) is 5.79 Å². The van der Waals surface area contributed by atoms with E-state index in [-0.39, 0.29) is 65.6 Å². The lowest BCUT2D eigenvalue weighted by Crippen LogP contribution is -2.63. The van der Waals surface area contributed by atoms with Gasteiger partial charge in [0.25, 0.3) is 0 Å². The highest BCUT2D eigenvalue weighted by Crippen LogP contribution is 2.54. The Balaban J connectivity index is 1.31. The fourth-order valence-electron chi connectivity index (χ4n) is 10.9. The highest BCUT2D eigenvalue weighted by Gasteiger charge is 2.63. The topological polar surface area (TPSA) is 141 Å². The molecule has 3 N–H and O–H groups in total. The highest BCUT2D eigenvalue weighted by atomic mass is 16.8. The predicted molar refractivity (Wildman–Crippen MR) is 206 cm³/mol. The van der Waals surface area contributed by atoms with Gasteiger partial charge in [-0.1, -0.05) is 62.3 Å². The Labute approximate surface area is 325 Å². The third-order valence-corrected chi connectivity index (χ3v) is 14.9. The lowest BCUT2D eigenvalue weighted by molar-refractivity contribution is -0.409. The molecule has 54 heavy (non-hydrogen) atoms. The van der Waals surface area contributed by atoms with Gasteiger partial charge in [0.05, 0.1) is 47.8 Å². The van der Waals surface area contributed by atoms with Crippen LogP contribution >= 0.6 is 0 Å². The van der Waals surface area contributed by atoms with Crippen LogP contribution in [-0.2, 0) is 33.3 Å². The Hall–Kier alpha value is -1.24. The molecular weight excluding hydrogens is 688 g/mol. The number of aliphatic hydroxyl groups is 3. The van der Waals surface area contributed by atoms with E-state index in [0.29, 0.717) is 44.9 Å². The van der Waals surface area contributed by atoms with Crippen molar-refractivity contribution in [2.24, 2.45) is 41.4 Å². The minimum absolute atomic E-state index is 0.0369. The van der Waals surface area contributed by atoms with E-state index in [1.807, 2.05) is 61.5 Å². The van der Waals surface area contributed by atoms with Crippen LogP contribution in [0, 0.1) is 41.4 Å². The monoisotopic (exact) mass is 763 g/mol. The van der Waals surface area contributed by atoms with E-state index in [1.165, 1.54) is 0 Å². The molecule has 4 fully saturated rings. The Morgan fingerprint density at radius 1 is 0.870 bits per heavy atom. The molecule has 0 aromatic heterocycles. The first-order valence-corrected chi connectivity index (χ1v) is 21.6. The average Bonchev–Trinajstić information content (AvgIpc) is 3.50. The van der Waals surface area contributed by atoms with Crippen LogP contribution in [0.2, 0.25) is 0 Å². The number of carbonyl (C=O) groups is 2. The van der Waals surface area contributed by atoms with Crippen LogP contribution < -0.4 is 0 Å². The van der Waals surface area contributed by atoms with Gasteiger partial charge in [-0.05, 0) is 95.6 Å². The SMILES string of the molecule is CCC(=O)[C@H](CC)[C@H]1CC[C@H](C)[C@H]([C@@H](C)[C@H](O)[C@H](C)C(=O)[C@H](CC)[C@H]2O[C@]3(C=C[C@@H](O)[C@]4(CC[C@@](C)([C@H]5CC[C@](O)(CC)C(C)O5)O4)O3)[C@H](C)C[C@@H]2C)O1. The number of carbonyl (C=O) groups excluding carboxylic acids is 2. The molecule has 4 saturated heterocycles. The van der Waals surface area contributed by atoms with Crippen molar-refractivity contribution in [1.29, 1.82) is 0 Å². The molecule has 0 saturated carbocycles. The summed E-state index contributed by atoms with van der Waals surface area (Å²) >= 11 is 0. The van der Waals surface area contributed by atoms with E-state index in [4.69, 9.17) is 23.7 Å². The Morgan fingerprint density at radius 2 is 1.56 bits per heavy atom. The first kappa shape index (κ1) is 43.9. The smallest absolute Gasteiger partial charge is 0.202 e. The molecule has 5 aliphatic rings. The summed E-state index contributed by atoms with van der Waals surface area (Å²) in [5.74, 6) is -3.88. The summed E-state index contributed by atoms with van der Waals surface area (Å²) in [6.07, 6.45) is 7.16. The molecule has 10 nitrogen and oxygen atoms in total. The number of ketones is 2. The van der Waals surface area contributed by atoms with Crippen molar-refractivity contribution < 1.29 is 48.6 Å². The molecule has 5 heterocycles. The zero-order valence-electron chi connectivity index (χ0n) is 35.2. The van der Waals surface area contributed by atoms with Gasteiger partial charge in [-0.15, -0.1) is 0 Å². The first-order chi connectivity index (χ1) is 25.3. The largest absolute Gasteiger partial charge is 0.392 e. The fraction of sp³-hybridized carbons (Fsp3) is 0.909.